The molecule has 1 aliphatic carbocycles. The van der Waals surface area contributed by atoms with Gasteiger partial charge in [0.25, 0.3) is 0 Å². The summed E-state index contributed by atoms with van der Waals surface area (Å²) in [5.74, 6) is 0.625. The Morgan fingerprint density at radius 2 is 1.60 bits per heavy atom. The Hall–Kier alpha value is 0.239. The van der Waals surface area contributed by atoms with Gasteiger partial charge in [0.1, 0.15) is 0 Å². The second kappa shape index (κ2) is 12.6. The molecule has 2 atom stereocenters. The van der Waals surface area contributed by atoms with E-state index >= 15 is 0 Å². The molecule has 1 aliphatic rings. The van der Waals surface area contributed by atoms with Crippen LogP contribution in [-0.4, -0.2) is 29.1 Å². The van der Waals surface area contributed by atoms with E-state index in [9.17, 15) is 0 Å². The Morgan fingerprint density at radius 1 is 1.08 bits per heavy atom. The van der Waals surface area contributed by atoms with E-state index in [-0.39, 0.29) is 0 Å². The molecule has 2 heteroatoms. The van der Waals surface area contributed by atoms with Gasteiger partial charge in [0.2, 0.25) is 0 Å². The van der Waals surface area contributed by atoms with Gasteiger partial charge in [-0.15, -0.1) is 0 Å². The van der Waals surface area contributed by atoms with E-state index in [1.54, 1.807) is 13.3 Å². The van der Waals surface area contributed by atoms with Crippen LogP contribution in [0.3, 0.4) is 0 Å². The first-order chi connectivity index (χ1) is 12.0. The molecule has 0 unspecified atom stereocenters. The second-order valence-electron chi connectivity index (χ2n) is 8.57. The monoisotopic (exact) mass is 456 g/mol. The van der Waals surface area contributed by atoms with Crippen molar-refractivity contribution in [3.8, 4) is 0 Å². The Labute approximate surface area is 162 Å². The van der Waals surface area contributed by atoms with Gasteiger partial charge in [-0.2, -0.15) is 0 Å². The van der Waals surface area contributed by atoms with E-state index in [2.05, 4.69) is 47.3 Å². The number of hydrogen-bond donors (Lipinski definition) is 0. The summed E-state index contributed by atoms with van der Waals surface area (Å²) in [5.41, 5.74) is 2.80. The van der Waals surface area contributed by atoms with Gasteiger partial charge in [-0.1, -0.05) is 0 Å². The number of unbranched alkanes of at least 4 members (excludes halogenated alkanes) is 3. The van der Waals surface area contributed by atoms with Crippen LogP contribution < -0.4 is 0 Å². The molecule has 25 heavy (non-hydrogen) atoms. The third-order valence-electron chi connectivity index (χ3n) is 6.20. The average Bonchev–Trinajstić information content (AvgIpc) is 2.61. The molecule has 1 nitrogen and oxygen atoms in total. The molecule has 0 heterocycles. The SMILES string of the molecule is C=C(C)[C@@H]1CC=C(C)[C@@H](O[CH2][Sn]([CH2]CCC)([CH2]CCC)[CH2]CCC)C1. The van der Waals surface area contributed by atoms with E-state index in [1.807, 2.05) is 0 Å². The van der Waals surface area contributed by atoms with E-state index in [0.717, 1.165) is 17.5 Å². The molecule has 0 N–H and O–H groups in total. The summed E-state index contributed by atoms with van der Waals surface area (Å²) in [7, 11) is 0. The van der Waals surface area contributed by atoms with E-state index in [4.69, 9.17) is 4.74 Å². The van der Waals surface area contributed by atoms with Crippen molar-refractivity contribution in [2.45, 2.75) is 105 Å². The molecule has 0 radical (unpaired) electrons. The first-order valence-electron chi connectivity index (χ1n) is 10.9. The maximum atomic E-state index is 6.72. The summed E-state index contributed by atoms with van der Waals surface area (Å²) in [6.07, 6.45) is 13.4. The van der Waals surface area contributed by atoms with Crippen molar-refractivity contribution in [2.24, 2.45) is 5.92 Å². The molecule has 0 aromatic rings. The summed E-state index contributed by atoms with van der Waals surface area (Å²) in [6.45, 7) is 15.7. The zero-order chi connectivity index (χ0) is 18.7. The van der Waals surface area contributed by atoms with Crippen molar-refractivity contribution in [2.75, 3.05) is 4.62 Å². The van der Waals surface area contributed by atoms with Gasteiger partial charge in [-0.25, -0.2) is 0 Å². The van der Waals surface area contributed by atoms with Crippen LogP contribution in [0.15, 0.2) is 23.8 Å². The van der Waals surface area contributed by atoms with Crippen LogP contribution in [0, 0.1) is 5.92 Å². The molecular weight excluding hydrogens is 411 g/mol. The van der Waals surface area contributed by atoms with Gasteiger partial charge in [0, 0.05) is 0 Å². The predicted octanol–water partition coefficient (Wildman–Crippen LogP) is 7.69. The van der Waals surface area contributed by atoms with Crippen LogP contribution in [0.5, 0.6) is 0 Å². The molecule has 1 rings (SSSR count). The van der Waals surface area contributed by atoms with Gasteiger partial charge in [-0.3, -0.25) is 0 Å². The molecule has 0 spiro atoms. The molecular formula is C23H44OSn. The standard InChI is InChI=1S/C11H17O.3C4H9.Sn/c1-8(2)10-6-5-9(3)11(7-10)12-4;3*1-3-4-2;/h5,10-11H,1,4,6-7H2,2-3H3;3*1,3-4H2,2H3;/t10-,11+;;;;/m1..../s1. The molecule has 0 saturated heterocycles. The van der Waals surface area contributed by atoms with E-state index < -0.39 is 18.4 Å². The van der Waals surface area contributed by atoms with Crippen molar-refractivity contribution >= 4 is 18.4 Å². The van der Waals surface area contributed by atoms with Gasteiger partial charge in [0.05, 0.1) is 0 Å². The predicted molar refractivity (Wildman–Crippen MR) is 116 cm³/mol. The van der Waals surface area contributed by atoms with Crippen LogP contribution in [0.1, 0.15) is 86.0 Å². The first-order valence-corrected chi connectivity index (χ1v) is 19.0. The average molecular weight is 455 g/mol. The van der Waals surface area contributed by atoms with Gasteiger partial charge >= 0.3 is 163 Å². The number of allylic oxidation sites excluding steroid dienone is 2. The van der Waals surface area contributed by atoms with E-state index in [0.29, 0.717) is 12.0 Å². The normalized spacial score (nSPS) is 21.2. The van der Waals surface area contributed by atoms with Gasteiger partial charge in [0.15, 0.2) is 0 Å². The van der Waals surface area contributed by atoms with Crippen LogP contribution in [-0.2, 0) is 4.74 Å². The van der Waals surface area contributed by atoms with Crippen LogP contribution in [0.2, 0.25) is 13.3 Å². The van der Waals surface area contributed by atoms with E-state index in [1.165, 1.54) is 49.7 Å². The third-order valence-corrected chi connectivity index (χ3v) is 20.5. The van der Waals surface area contributed by atoms with Crippen LogP contribution >= 0.6 is 0 Å². The fourth-order valence-corrected chi connectivity index (χ4v) is 18.5. The summed E-state index contributed by atoms with van der Waals surface area (Å²) in [5, 5.41) is 0. The number of rotatable bonds is 13. The summed E-state index contributed by atoms with van der Waals surface area (Å²) < 4.78 is 12.5. The molecule has 0 aromatic heterocycles. The van der Waals surface area contributed by atoms with Crippen molar-refractivity contribution in [3.63, 3.8) is 0 Å². The fourth-order valence-electron chi connectivity index (χ4n) is 4.13. The molecule has 146 valence electrons. The molecule has 0 aliphatic heterocycles. The molecule has 0 saturated carbocycles. The zero-order valence-electron chi connectivity index (χ0n) is 17.8. The zero-order valence-corrected chi connectivity index (χ0v) is 20.7. The van der Waals surface area contributed by atoms with Crippen molar-refractivity contribution < 1.29 is 4.74 Å². The third kappa shape index (κ3) is 8.20. The summed E-state index contributed by atoms with van der Waals surface area (Å²) in [4.78, 5) is 0. The number of ether oxygens (including phenoxy) is 1. The van der Waals surface area contributed by atoms with Crippen molar-refractivity contribution in [1.29, 1.82) is 0 Å². The maximum absolute atomic E-state index is 6.72. The number of hydrogen-bond acceptors (Lipinski definition) is 1. The Bertz CT molecular complexity index is 391. The topological polar surface area (TPSA) is 9.23 Å². The Morgan fingerprint density at radius 3 is 2.04 bits per heavy atom. The van der Waals surface area contributed by atoms with Crippen molar-refractivity contribution in [3.05, 3.63) is 23.8 Å². The van der Waals surface area contributed by atoms with Crippen LogP contribution in [0.25, 0.3) is 0 Å². The molecule has 0 aromatic carbocycles. The Balaban J connectivity index is 2.78. The molecule has 0 fully saturated rings. The Kier molecular flexibility index (Phi) is 11.7. The second-order valence-corrected chi connectivity index (χ2v) is 22.2. The van der Waals surface area contributed by atoms with Gasteiger partial charge < -0.3 is 0 Å². The molecule has 0 amide bonds. The van der Waals surface area contributed by atoms with Gasteiger partial charge in [-0.05, 0) is 0 Å². The van der Waals surface area contributed by atoms with Crippen molar-refractivity contribution in [1.82, 2.24) is 0 Å². The summed E-state index contributed by atoms with van der Waals surface area (Å²) >= 11 is -2.16. The first kappa shape index (κ1) is 23.3. The minimum atomic E-state index is -2.16. The molecule has 0 bridgehead atoms. The van der Waals surface area contributed by atoms with Crippen LogP contribution in [0.4, 0.5) is 0 Å². The quantitative estimate of drug-likeness (QED) is 0.204. The minimum absolute atomic E-state index is 0.358. The fraction of sp³-hybridized carbons (Fsp3) is 0.826. The summed E-state index contributed by atoms with van der Waals surface area (Å²) in [6, 6.07) is 0.